The normalized spacial score (nSPS) is 17.0. The quantitative estimate of drug-likeness (QED) is 0.877. The van der Waals surface area contributed by atoms with Crippen LogP contribution < -0.4 is 10.6 Å². The third-order valence-corrected chi connectivity index (χ3v) is 4.46. The molecule has 1 unspecified atom stereocenters. The number of carbonyl (C=O) groups excluding carboxylic acids is 1. The first-order valence-electron chi connectivity index (χ1n) is 8.64. The maximum Gasteiger partial charge on any atom is 0.319 e. The van der Waals surface area contributed by atoms with Crippen LogP contribution in [0.4, 0.5) is 10.5 Å². The number of piperazine rings is 1. The number of likely N-dealkylation sites (N-methyl/N-ethyl adjacent to an activating group) is 1. The van der Waals surface area contributed by atoms with Gasteiger partial charge in [-0.3, -0.25) is 9.88 Å². The lowest BCUT2D eigenvalue weighted by molar-refractivity contribution is 0.143. The number of anilines is 1. The lowest BCUT2D eigenvalue weighted by Gasteiger charge is -2.35. The summed E-state index contributed by atoms with van der Waals surface area (Å²) in [5.74, 6) is 0. The Morgan fingerprint density at radius 1 is 1.12 bits per heavy atom. The van der Waals surface area contributed by atoms with Crippen LogP contribution in [0.15, 0.2) is 54.9 Å². The highest BCUT2D eigenvalue weighted by Gasteiger charge is 2.21. The number of amides is 2. The summed E-state index contributed by atoms with van der Waals surface area (Å²) in [7, 11) is 2.14. The van der Waals surface area contributed by atoms with Gasteiger partial charge in [0.15, 0.2) is 0 Å². The van der Waals surface area contributed by atoms with Crippen molar-refractivity contribution in [3.05, 3.63) is 60.4 Å². The summed E-state index contributed by atoms with van der Waals surface area (Å²) in [4.78, 5) is 21.2. The third-order valence-electron chi connectivity index (χ3n) is 4.46. The van der Waals surface area contributed by atoms with Gasteiger partial charge in [0.2, 0.25) is 0 Å². The number of benzene rings is 1. The van der Waals surface area contributed by atoms with Crippen molar-refractivity contribution in [2.75, 3.05) is 45.1 Å². The molecule has 0 bridgehead atoms. The van der Waals surface area contributed by atoms with Crippen molar-refractivity contribution >= 4 is 11.7 Å². The Kier molecular flexibility index (Phi) is 5.98. The van der Waals surface area contributed by atoms with Gasteiger partial charge in [-0.05, 0) is 24.7 Å². The Balaban J connectivity index is 1.65. The molecule has 2 amide bonds. The number of pyridine rings is 1. The fraction of sp³-hybridized carbons (Fsp3) is 0.368. The highest BCUT2D eigenvalue weighted by Crippen LogP contribution is 2.16. The van der Waals surface area contributed by atoms with Crippen LogP contribution in [-0.4, -0.2) is 60.6 Å². The summed E-state index contributed by atoms with van der Waals surface area (Å²) in [5.41, 5.74) is 1.80. The minimum atomic E-state index is -0.212. The number of hydrogen-bond donors (Lipinski definition) is 2. The van der Waals surface area contributed by atoms with E-state index in [9.17, 15) is 4.79 Å². The number of hydrogen-bond acceptors (Lipinski definition) is 4. The highest BCUT2D eigenvalue weighted by molar-refractivity contribution is 5.89. The molecule has 6 nitrogen and oxygen atoms in total. The molecule has 1 fully saturated rings. The van der Waals surface area contributed by atoms with Gasteiger partial charge in [0.1, 0.15) is 0 Å². The van der Waals surface area contributed by atoms with Gasteiger partial charge < -0.3 is 15.5 Å². The molecule has 0 saturated carbocycles. The van der Waals surface area contributed by atoms with Gasteiger partial charge in [-0.25, -0.2) is 4.79 Å². The van der Waals surface area contributed by atoms with Crippen LogP contribution in [0.3, 0.4) is 0 Å². The fourth-order valence-corrected chi connectivity index (χ4v) is 2.97. The van der Waals surface area contributed by atoms with Crippen molar-refractivity contribution < 1.29 is 4.79 Å². The third kappa shape index (κ3) is 5.27. The molecule has 25 heavy (non-hydrogen) atoms. The van der Waals surface area contributed by atoms with E-state index in [1.54, 1.807) is 18.5 Å². The molecule has 3 rings (SSSR count). The van der Waals surface area contributed by atoms with Crippen LogP contribution in [-0.2, 0) is 0 Å². The SMILES string of the molecule is CN1CCN(CC(NC(=O)Nc2cccnc2)c2ccccc2)CC1. The standard InChI is InChI=1S/C19H25N5O/c1-23-10-12-24(13-11-23)15-18(16-6-3-2-4-7-16)22-19(25)21-17-8-5-9-20-14-17/h2-9,14,18H,10-13,15H2,1H3,(H2,21,22,25). The molecule has 2 heterocycles. The lowest BCUT2D eigenvalue weighted by Crippen LogP contribution is -2.48. The van der Waals surface area contributed by atoms with E-state index in [4.69, 9.17) is 0 Å². The molecule has 2 aromatic rings. The Hall–Kier alpha value is -2.44. The minimum absolute atomic E-state index is 0.0544. The predicted octanol–water partition coefficient (Wildman–Crippen LogP) is 2.19. The smallest absolute Gasteiger partial charge is 0.319 e. The van der Waals surface area contributed by atoms with Crippen molar-refractivity contribution in [2.45, 2.75) is 6.04 Å². The van der Waals surface area contributed by atoms with Crippen LogP contribution >= 0.6 is 0 Å². The Morgan fingerprint density at radius 2 is 1.88 bits per heavy atom. The van der Waals surface area contributed by atoms with E-state index >= 15 is 0 Å². The summed E-state index contributed by atoms with van der Waals surface area (Å²) in [5, 5.41) is 5.95. The second-order valence-electron chi connectivity index (χ2n) is 6.41. The topological polar surface area (TPSA) is 60.5 Å². The highest BCUT2D eigenvalue weighted by atomic mass is 16.2. The van der Waals surface area contributed by atoms with Crippen molar-refractivity contribution in [3.8, 4) is 0 Å². The molecule has 0 spiro atoms. The second kappa shape index (κ2) is 8.60. The molecule has 1 aliphatic rings. The number of carbonyl (C=O) groups is 1. The molecule has 1 saturated heterocycles. The molecule has 0 radical (unpaired) electrons. The average molecular weight is 339 g/mol. The molecule has 2 N–H and O–H groups in total. The molecule has 1 aromatic carbocycles. The molecular weight excluding hydrogens is 314 g/mol. The van der Waals surface area contributed by atoms with Gasteiger partial charge in [0.05, 0.1) is 17.9 Å². The van der Waals surface area contributed by atoms with Gasteiger partial charge in [-0.15, -0.1) is 0 Å². The fourth-order valence-electron chi connectivity index (χ4n) is 2.97. The molecule has 6 heteroatoms. The Labute approximate surface area is 148 Å². The Morgan fingerprint density at radius 3 is 2.56 bits per heavy atom. The lowest BCUT2D eigenvalue weighted by atomic mass is 10.1. The van der Waals surface area contributed by atoms with Gasteiger partial charge in [-0.2, -0.15) is 0 Å². The van der Waals surface area contributed by atoms with Crippen LogP contribution in [0.1, 0.15) is 11.6 Å². The van der Waals surface area contributed by atoms with E-state index in [1.807, 2.05) is 24.3 Å². The van der Waals surface area contributed by atoms with Crippen LogP contribution in [0.25, 0.3) is 0 Å². The van der Waals surface area contributed by atoms with Gasteiger partial charge in [0.25, 0.3) is 0 Å². The van der Waals surface area contributed by atoms with Crippen LogP contribution in [0, 0.1) is 0 Å². The van der Waals surface area contributed by atoms with Crippen molar-refractivity contribution in [1.82, 2.24) is 20.1 Å². The van der Waals surface area contributed by atoms with Crippen molar-refractivity contribution in [3.63, 3.8) is 0 Å². The van der Waals surface area contributed by atoms with Gasteiger partial charge in [0, 0.05) is 38.9 Å². The summed E-state index contributed by atoms with van der Waals surface area (Å²) in [6.45, 7) is 4.96. The van der Waals surface area contributed by atoms with Gasteiger partial charge in [-0.1, -0.05) is 30.3 Å². The summed E-state index contributed by atoms with van der Waals surface area (Å²) < 4.78 is 0. The zero-order valence-electron chi connectivity index (χ0n) is 14.6. The predicted molar refractivity (Wildman–Crippen MR) is 99.5 cm³/mol. The van der Waals surface area contributed by atoms with Crippen LogP contribution in [0.2, 0.25) is 0 Å². The molecule has 0 aliphatic carbocycles. The number of aromatic nitrogens is 1. The number of rotatable bonds is 5. The number of urea groups is 1. The number of nitrogens with one attached hydrogen (secondary N) is 2. The van der Waals surface area contributed by atoms with E-state index in [0.29, 0.717) is 5.69 Å². The average Bonchev–Trinajstić information content (AvgIpc) is 2.64. The summed E-state index contributed by atoms with van der Waals surface area (Å²) in [6, 6.07) is 13.5. The molecule has 1 aliphatic heterocycles. The number of nitrogens with zero attached hydrogens (tertiary/aromatic N) is 3. The maximum absolute atomic E-state index is 12.4. The van der Waals surface area contributed by atoms with E-state index < -0.39 is 0 Å². The maximum atomic E-state index is 12.4. The van der Waals surface area contributed by atoms with E-state index in [1.165, 1.54) is 0 Å². The van der Waals surface area contributed by atoms with E-state index in [2.05, 4.69) is 44.6 Å². The van der Waals surface area contributed by atoms with Crippen molar-refractivity contribution in [2.24, 2.45) is 0 Å². The van der Waals surface area contributed by atoms with E-state index in [0.717, 1.165) is 38.3 Å². The first kappa shape index (κ1) is 17.4. The summed E-state index contributed by atoms with van der Waals surface area (Å²) >= 11 is 0. The first-order chi connectivity index (χ1) is 12.2. The van der Waals surface area contributed by atoms with Crippen molar-refractivity contribution in [1.29, 1.82) is 0 Å². The van der Waals surface area contributed by atoms with E-state index in [-0.39, 0.29) is 12.1 Å². The monoisotopic (exact) mass is 339 g/mol. The first-order valence-corrected chi connectivity index (χ1v) is 8.64. The summed E-state index contributed by atoms with van der Waals surface area (Å²) in [6.07, 6.45) is 3.32. The zero-order valence-corrected chi connectivity index (χ0v) is 14.6. The molecule has 1 atom stereocenters. The minimum Gasteiger partial charge on any atom is -0.330 e. The molecule has 1 aromatic heterocycles. The Bertz CT molecular complexity index is 656. The van der Waals surface area contributed by atoms with Gasteiger partial charge >= 0.3 is 6.03 Å². The largest absolute Gasteiger partial charge is 0.330 e. The zero-order chi connectivity index (χ0) is 17.5. The van der Waals surface area contributed by atoms with Crippen LogP contribution in [0.5, 0.6) is 0 Å². The molecule has 132 valence electrons. The second-order valence-corrected chi connectivity index (χ2v) is 6.41. The molecular formula is C19H25N5O.